The summed E-state index contributed by atoms with van der Waals surface area (Å²) in [6, 6.07) is 12.7. The lowest BCUT2D eigenvalue weighted by Gasteiger charge is -2.28. The van der Waals surface area contributed by atoms with Crippen molar-refractivity contribution in [1.82, 2.24) is 4.31 Å². The summed E-state index contributed by atoms with van der Waals surface area (Å²) in [7, 11) is -0.947. The lowest BCUT2D eigenvalue weighted by molar-refractivity contribution is -0.114. The fraction of sp³-hybridized carbons (Fsp3) is 0.435. The first-order valence-electron chi connectivity index (χ1n) is 10.5. The van der Waals surface area contributed by atoms with Crippen LogP contribution in [0.5, 0.6) is 5.75 Å². The van der Waals surface area contributed by atoms with Crippen molar-refractivity contribution >= 4 is 27.5 Å². The van der Waals surface area contributed by atoms with Crippen molar-refractivity contribution < 1.29 is 17.9 Å². The van der Waals surface area contributed by atoms with Crippen molar-refractivity contribution in [1.29, 1.82) is 0 Å². The molecule has 168 valence electrons. The second kappa shape index (κ2) is 9.70. The van der Waals surface area contributed by atoms with Crippen LogP contribution in [0.2, 0.25) is 0 Å². The third-order valence-corrected chi connectivity index (χ3v) is 7.21. The van der Waals surface area contributed by atoms with Crippen LogP contribution in [0.4, 0.5) is 11.4 Å². The summed E-state index contributed by atoms with van der Waals surface area (Å²) >= 11 is 0. The molecule has 0 saturated heterocycles. The molecule has 7 nitrogen and oxygen atoms in total. The Bertz CT molecular complexity index is 1010. The Labute approximate surface area is 185 Å². The van der Waals surface area contributed by atoms with Crippen molar-refractivity contribution in [3.05, 3.63) is 53.6 Å². The van der Waals surface area contributed by atoms with Crippen LogP contribution in [-0.4, -0.2) is 45.4 Å². The molecule has 1 aliphatic rings. The van der Waals surface area contributed by atoms with Crippen LogP contribution >= 0.6 is 0 Å². The van der Waals surface area contributed by atoms with E-state index in [1.54, 1.807) is 18.2 Å². The van der Waals surface area contributed by atoms with E-state index in [4.69, 9.17) is 4.74 Å². The zero-order valence-corrected chi connectivity index (χ0v) is 19.4. The molecule has 3 rings (SSSR count). The lowest BCUT2D eigenvalue weighted by atomic mass is 10.1. The molecular weight excluding hydrogens is 414 g/mol. The molecule has 0 aliphatic heterocycles. The number of benzene rings is 2. The van der Waals surface area contributed by atoms with Crippen molar-refractivity contribution in [2.45, 2.75) is 45.6 Å². The average Bonchev–Trinajstić information content (AvgIpc) is 3.22. The summed E-state index contributed by atoms with van der Waals surface area (Å²) in [4.78, 5) is 12.8. The molecule has 8 heteroatoms. The van der Waals surface area contributed by atoms with Crippen LogP contribution in [0.15, 0.2) is 42.5 Å². The van der Waals surface area contributed by atoms with Crippen molar-refractivity contribution in [2.24, 2.45) is 0 Å². The number of amides is 1. The second-order valence-corrected chi connectivity index (χ2v) is 10.3. The Morgan fingerprint density at radius 3 is 2.32 bits per heavy atom. The minimum absolute atomic E-state index is 0.266. The first-order chi connectivity index (χ1) is 14.7. The molecule has 1 fully saturated rings. The SMILES string of the molecule is Cc1ccc(C)c(N(CC(=O)Nc2ccc(OC3CCCC3)cc2)S(=O)(=O)N(C)C)c1. The van der Waals surface area contributed by atoms with Crippen molar-refractivity contribution in [3.63, 3.8) is 0 Å². The van der Waals surface area contributed by atoms with Gasteiger partial charge in [-0.2, -0.15) is 12.7 Å². The number of nitrogens with zero attached hydrogens (tertiary/aromatic N) is 2. The van der Waals surface area contributed by atoms with Gasteiger partial charge >= 0.3 is 10.2 Å². The predicted octanol–water partition coefficient (Wildman–Crippen LogP) is 3.88. The molecule has 0 radical (unpaired) electrons. The molecule has 1 amide bonds. The summed E-state index contributed by atoms with van der Waals surface area (Å²) in [5.74, 6) is 0.355. The number of carbonyl (C=O) groups excluding carboxylic acids is 1. The van der Waals surface area contributed by atoms with Gasteiger partial charge in [0.25, 0.3) is 0 Å². The van der Waals surface area contributed by atoms with Crippen LogP contribution in [0.1, 0.15) is 36.8 Å². The molecular formula is C23H31N3O4S. The number of hydrogen-bond donors (Lipinski definition) is 1. The van der Waals surface area contributed by atoms with Gasteiger partial charge in [0.2, 0.25) is 5.91 Å². The van der Waals surface area contributed by atoms with Gasteiger partial charge in [-0.1, -0.05) is 12.1 Å². The van der Waals surface area contributed by atoms with Crippen LogP contribution in [0.25, 0.3) is 0 Å². The van der Waals surface area contributed by atoms with Crippen molar-refractivity contribution in [2.75, 3.05) is 30.3 Å². The monoisotopic (exact) mass is 445 g/mol. The topological polar surface area (TPSA) is 79.0 Å². The molecule has 2 aromatic rings. The number of hydrogen-bond acceptors (Lipinski definition) is 4. The van der Waals surface area contributed by atoms with Gasteiger partial charge in [-0.25, -0.2) is 4.31 Å². The Hall–Kier alpha value is -2.58. The highest BCUT2D eigenvalue weighted by Gasteiger charge is 2.28. The van der Waals surface area contributed by atoms with Gasteiger partial charge in [0, 0.05) is 19.8 Å². The highest BCUT2D eigenvalue weighted by Crippen LogP contribution is 2.27. The fourth-order valence-corrected chi connectivity index (χ4v) is 4.74. The minimum atomic E-state index is -3.85. The van der Waals surface area contributed by atoms with E-state index in [0.717, 1.165) is 38.3 Å². The second-order valence-electron chi connectivity index (χ2n) is 8.18. The predicted molar refractivity (Wildman–Crippen MR) is 124 cm³/mol. The summed E-state index contributed by atoms with van der Waals surface area (Å²) in [6.07, 6.45) is 4.82. The lowest BCUT2D eigenvalue weighted by Crippen LogP contribution is -2.44. The van der Waals surface area contributed by atoms with Crippen LogP contribution in [0, 0.1) is 13.8 Å². The van der Waals surface area contributed by atoms with Gasteiger partial charge in [-0.15, -0.1) is 0 Å². The van der Waals surface area contributed by atoms with E-state index >= 15 is 0 Å². The Morgan fingerprint density at radius 2 is 1.71 bits per heavy atom. The van der Waals surface area contributed by atoms with E-state index in [2.05, 4.69) is 5.32 Å². The Balaban J connectivity index is 1.73. The molecule has 0 heterocycles. The largest absolute Gasteiger partial charge is 0.490 e. The average molecular weight is 446 g/mol. The number of nitrogens with one attached hydrogen (secondary N) is 1. The molecule has 0 spiro atoms. The molecule has 1 N–H and O–H groups in total. The van der Waals surface area contributed by atoms with E-state index in [1.165, 1.54) is 26.9 Å². The third-order valence-electron chi connectivity index (χ3n) is 5.40. The number of aryl methyl sites for hydroxylation is 2. The standard InChI is InChI=1S/C23H31N3O4S/c1-17-9-10-18(2)22(15-17)26(31(28,29)25(3)4)16-23(27)24-19-11-13-21(14-12-19)30-20-7-5-6-8-20/h9-15,20H,5-8,16H2,1-4H3,(H,24,27). The highest BCUT2D eigenvalue weighted by atomic mass is 32.2. The normalized spacial score (nSPS) is 14.6. The summed E-state index contributed by atoms with van der Waals surface area (Å²) < 4.78 is 34.1. The maximum Gasteiger partial charge on any atom is 0.304 e. The summed E-state index contributed by atoms with van der Waals surface area (Å²) in [6.45, 7) is 3.39. The van der Waals surface area contributed by atoms with E-state index in [0.29, 0.717) is 11.4 Å². The first kappa shape index (κ1) is 23.1. The Morgan fingerprint density at radius 1 is 1.06 bits per heavy atom. The molecule has 1 aliphatic carbocycles. The fourth-order valence-electron chi connectivity index (χ4n) is 3.62. The number of ether oxygens (including phenoxy) is 1. The smallest absolute Gasteiger partial charge is 0.304 e. The van der Waals surface area contributed by atoms with Gasteiger partial charge in [0.1, 0.15) is 12.3 Å². The summed E-state index contributed by atoms with van der Waals surface area (Å²) in [5.41, 5.74) is 2.77. The van der Waals surface area contributed by atoms with Gasteiger partial charge in [0.15, 0.2) is 0 Å². The first-order valence-corrected chi connectivity index (χ1v) is 11.9. The maximum atomic E-state index is 12.9. The number of rotatable bonds is 8. The molecule has 0 unspecified atom stereocenters. The maximum absolute atomic E-state index is 12.9. The number of anilines is 2. The summed E-state index contributed by atoms with van der Waals surface area (Å²) in [5, 5.41) is 2.79. The molecule has 1 saturated carbocycles. The van der Waals surface area contributed by atoms with E-state index in [1.807, 2.05) is 38.1 Å². The van der Waals surface area contributed by atoms with E-state index in [-0.39, 0.29) is 12.6 Å². The molecule has 0 aromatic heterocycles. The van der Waals surface area contributed by atoms with E-state index < -0.39 is 16.1 Å². The van der Waals surface area contributed by atoms with E-state index in [9.17, 15) is 13.2 Å². The molecule has 0 bridgehead atoms. The highest BCUT2D eigenvalue weighted by molar-refractivity contribution is 7.90. The van der Waals surface area contributed by atoms with Crippen molar-refractivity contribution in [3.8, 4) is 5.75 Å². The zero-order chi connectivity index (χ0) is 22.6. The molecule has 2 aromatic carbocycles. The van der Waals surface area contributed by atoms with Gasteiger partial charge in [0.05, 0.1) is 11.8 Å². The van der Waals surface area contributed by atoms with Crippen LogP contribution < -0.4 is 14.4 Å². The number of carbonyl (C=O) groups is 1. The van der Waals surface area contributed by atoms with Crippen LogP contribution in [-0.2, 0) is 15.0 Å². The van der Waals surface area contributed by atoms with Crippen LogP contribution in [0.3, 0.4) is 0 Å². The third kappa shape index (κ3) is 5.77. The minimum Gasteiger partial charge on any atom is -0.490 e. The zero-order valence-electron chi connectivity index (χ0n) is 18.6. The van der Waals surface area contributed by atoms with Gasteiger partial charge in [-0.05, 0) is 81.0 Å². The quantitative estimate of drug-likeness (QED) is 0.669. The van der Waals surface area contributed by atoms with Gasteiger partial charge < -0.3 is 10.1 Å². The Kier molecular flexibility index (Phi) is 7.23. The molecule has 31 heavy (non-hydrogen) atoms. The molecule has 0 atom stereocenters. The van der Waals surface area contributed by atoms with Gasteiger partial charge in [-0.3, -0.25) is 4.79 Å².